The molecular formula is C75H126O6. The van der Waals surface area contributed by atoms with Crippen molar-refractivity contribution in [2.45, 2.75) is 322 Å². The minimum Gasteiger partial charge on any atom is -0.462 e. The molecule has 0 aliphatic carbocycles. The first-order valence-electron chi connectivity index (χ1n) is 34.0. The van der Waals surface area contributed by atoms with E-state index < -0.39 is 12.1 Å². The van der Waals surface area contributed by atoms with Crippen LogP contribution in [0.3, 0.4) is 0 Å². The van der Waals surface area contributed by atoms with Crippen molar-refractivity contribution in [3.63, 3.8) is 0 Å². The van der Waals surface area contributed by atoms with Gasteiger partial charge >= 0.3 is 17.9 Å². The zero-order valence-corrected chi connectivity index (χ0v) is 53.0. The van der Waals surface area contributed by atoms with Crippen molar-refractivity contribution in [3.8, 4) is 0 Å². The third kappa shape index (κ3) is 66.5. The van der Waals surface area contributed by atoms with Gasteiger partial charge in [0.2, 0.25) is 0 Å². The van der Waals surface area contributed by atoms with E-state index in [0.717, 1.165) is 109 Å². The maximum atomic E-state index is 12.9. The molecule has 0 aromatic heterocycles. The SMILES string of the molecule is CC/C=C\C/C=C\C/C=C\C/C=C\C/C=C\CCCCCCCCCCCC(=O)OCC(COC(=O)C/C=C\C/C=C\C/C=C\C/C=C\C/C=C\CC)OC(=O)CCCCCCCCCCCCCCCCCCCCCCCCC. The second-order valence-electron chi connectivity index (χ2n) is 22.3. The summed E-state index contributed by atoms with van der Waals surface area (Å²) in [5.41, 5.74) is 0. The van der Waals surface area contributed by atoms with Crippen molar-refractivity contribution in [2.75, 3.05) is 13.2 Å². The summed E-state index contributed by atoms with van der Waals surface area (Å²) in [6.45, 7) is 6.35. The normalized spacial score (nSPS) is 12.9. The van der Waals surface area contributed by atoms with Gasteiger partial charge in [-0.05, 0) is 89.9 Å². The van der Waals surface area contributed by atoms with Gasteiger partial charge in [-0.1, -0.05) is 328 Å². The van der Waals surface area contributed by atoms with Crippen LogP contribution in [0, 0.1) is 0 Å². The Bertz CT molecular complexity index is 1670. The van der Waals surface area contributed by atoms with Crippen LogP contribution in [0.1, 0.15) is 316 Å². The topological polar surface area (TPSA) is 78.9 Å². The van der Waals surface area contributed by atoms with E-state index in [1.54, 1.807) is 6.08 Å². The van der Waals surface area contributed by atoms with Gasteiger partial charge in [-0.15, -0.1) is 0 Å². The zero-order valence-electron chi connectivity index (χ0n) is 53.0. The molecule has 0 aliphatic heterocycles. The molecule has 0 aromatic rings. The molecule has 0 fully saturated rings. The van der Waals surface area contributed by atoms with E-state index in [1.807, 2.05) is 6.08 Å². The van der Waals surface area contributed by atoms with Gasteiger partial charge in [-0.3, -0.25) is 14.4 Å². The van der Waals surface area contributed by atoms with Crippen molar-refractivity contribution in [1.29, 1.82) is 0 Å². The minimum absolute atomic E-state index is 0.111. The van der Waals surface area contributed by atoms with Crippen LogP contribution >= 0.6 is 0 Å². The fourth-order valence-electron chi connectivity index (χ4n) is 9.49. The van der Waals surface area contributed by atoms with Crippen LogP contribution in [0.4, 0.5) is 0 Å². The molecule has 0 amide bonds. The van der Waals surface area contributed by atoms with Crippen molar-refractivity contribution < 1.29 is 28.6 Å². The summed E-state index contributed by atoms with van der Waals surface area (Å²) in [5, 5.41) is 0. The molecule has 0 saturated carbocycles. The van der Waals surface area contributed by atoms with E-state index in [9.17, 15) is 14.4 Å². The van der Waals surface area contributed by atoms with Crippen molar-refractivity contribution in [3.05, 3.63) is 122 Å². The number of carbonyl (C=O) groups excluding carboxylic acids is 3. The lowest BCUT2D eigenvalue weighted by Crippen LogP contribution is -2.30. The second-order valence-corrected chi connectivity index (χ2v) is 22.3. The summed E-state index contributed by atoms with van der Waals surface area (Å²) >= 11 is 0. The van der Waals surface area contributed by atoms with E-state index in [2.05, 4.69) is 130 Å². The molecule has 1 unspecified atom stereocenters. The van der Waals surface area contributed by atoms with Crippen LogP contribution in [0.5, 0.6) is 0 Å². The maximum absolute atomic E-state index is 12.9. The number of hydrogen-bond donors (Lipinski definition) is 0. The number of rotatable bonds is 61. The fraction of sp³-hybridized carbons (Fsp3) is 0.693. The predicted octanol–water partition coefficient (Wildman–Crippen LogP) is 23.6. The summed E-state index contributed by atoms with van der Waals surface area (Å²) in [4.78, 5) is 38.3. The number of hydrogen-bond acceptors (Lipinski definition) is 6. The van der Waals surface area contributed by atoms with E-state index in [1.165, 1.54) is 167 Å². The first kappa shape index (κ1) is 76.8. The first-order valence-corrected chi connectivity index (χ1v) is 34.0. The van der Waals surface area contributed by atoms with Crippen LogP contribution in [0.25, 0.3) is 0 Å². The lowest BCUT2D eigenvalue weighted by Gasteiger charge is -2.18. The van der Waals surface area contributed by atoms with Crippen LogP contribution in [-0.2, 0) is 28.6 Å². The average Bonchev–Trinajstić information content (AvgIpc) is 3.47. The van der Waals surface area contributed by atoms with Gasteiger partial charge in [0.1, 0.15) is 13.2 Å². The van der Waals surface area contributed by atoms with Gasteiger partial charge < -0.3 is 14.2 Å². The smallest absolute Gasteiger partial charge is 0.309 e. The minimum atomic E-state index is -0.824. The summed E-state index contributed by atoms with van der Waals surface area (Å²) < 4.78 is 16.9. The van der Waals surface area contributed by atoms with Gasteiger partial charge in [-0.2, -0.15) is 0 Å². The highest BCUT2D eigenvalue weighted by Gasteiger charge is 2.19. The molecule has 0 heterocycles. The Labute approximate surface area is 501 Å². The molecule has 0 saturated heterocycles. The Kier molecular flexibility index (Phi) is 64.8. The molecule has 0 spiro atoms. The molecular weight excluding hydrogens is 997 g/mol. The Morgan fingerprint density at radius 3 is 0.864 bits per heavy atom. The number of esters is 3. The molecule has 0 bridgehead atoms. The van der Waals surface area contributed by atoms with Gasteiger partial charge in [0.25, 0.3) is 0 Å². The lowest BCUT2D eigenvalue weighted by molar-refractivity contribution is -0.166. The highest BCUT2D eigenvalue weighted by atomic mass is 16.6. The number of ether oxygens (including phenoxy) is 3. The average molecular weight is 1120 g/mol. The van der Waals surface area contributed by atoms with Crippen LogP contribution < -0.4 is 0 Å². The molecule has 81 heavy (non-hydrogen) atoms. The summed E-state index contributed by atoms with van der Waals surface area (Å²) in [6, 6.07) is 0. The highest BCUT2D eigenvalue weighted by Crippen LogP contribution is 2.17. The molecule has 0 rings (SSSR count). The van der Waals surface area contributed by atoms with Crippen LogP contribution in [-0.4, -0.2) is 37.2 Å². The van der Waals surface area contributed by atoms with Crippen molar-refractivity contribution in [1.82, 2.24) is 0 Å². The summed E-state index contributed by atoms with van der Waals surface area (Å²) in [6.07, 6.45) is 95.3. The van der Waals surface area contributed by atoms with Crippen molar-refractivity contribution in [2.24, 2.45) is 0 Å². The zero-order chi connectivity index (χ0) is 58.5. The molecule has 0 aliphatic rings. The molecule has 6 heteroatoms. The third-order valence-electron chi connectivity index (χ3n) is 14.5. The molecule has 1 atom stereocenters. The summed E-state index contributed by atoms with van der Waals surface area (Å²) in [7, 11) is 0. The molecule has 6 nitrogen and oxygen atoms in total. The number of unbranched alkanes of at least 4 members (excludes halogenated alkanes) is 31. The summed E-state index contributed by atoms with van der Waals surface area (Å²) in [5.74, 6) is -1.04. The van der Waals surface area contributed by atoms with E-state index >= 15 is 0 Å². The lowest BCUT2D eigenvalue weighted by atomic mass is 10.0. The third-order valence-corrected chi connectivity index (χ3v) is 14.5. The van der Waals surface area contributed by atoms with E-state index in [4.69, 9.17) is 14.2 Å². The predicted molar refractivity (Wildman–Crippen MR) is 353 cm³/mol. The second kappa shape index (κ2) is 68.3. The van der Waals surface area contributed by atoms with Gasteiger partial charge in [-0.25, -0.2) is 0 Å². The molecule has 0 radical (unpaired) electrons. The highest BCUT2D eigenvalue weighted by molar-refractivity contribution is 5.72. The molecule has 462 valence electrons. The van der Waals surface area contributed by atoms with Gasteiger partial charge in [0.05, 0.1) is 6.42 Å². The Morgan fingerprint density at radius 1 is 0.272 bits per heavy atom. The van der Waals surface area contributed by atoms with Crippen LogP contribution in [0.15, 0.2) is 122 Å². The standard InChI is InChI=1S/C75H126O6/c1-4-7-10-13-16-19-22-25-28-30-32-34-36-37-39-40-42-44-47-50-53-56-59-62-65-68-74(77)80-71-72(70-79-73(76)67-64-61-58-55-52-49-46-27-24-21-18-15-12-9-6-3)81-75(78)69-66-63-60-57-54-51-48-45-43-41-38-35-33-31-29-26-23-20-17-14-11-8-5-2/h7,9-10,12,16,18-19,21,25,27-28,32,34,37,39,46,52,55,61,64,72H,4-6,8,11,13-15,17,20,22-24,26,29-31,33,35-36,38,40-45,47-51,53-54,56-60,62-63,65-71H2,1-3H3/b10-7-,12-9-,19-16-,21-18-,28-25-,34-32-,39-37-,46-27-,55-52-,64-61-. The largest absolute Gasteiger partial charge is 0.462 e. The van der Waals surface area contributed by atoms with Gasteiger partial charge in [0.15, 0.2) is 6.10 Å². The van der Waals surface area contributed by atoms with Crippen LogP contribution in [0.2, 0.25) is 0 Å². The maximum Gasteiger partial charge on any atom is 0.309 e. The Hall–Kier alpha value is -4.19. The number of allylic oxidation sites excluding steroid dienone is 19. The quantitative estimate of drug-likeness (QED) is 0.0261. The number of carbonyl (C=O) groups is 3. The Balaban J connectivity index is 4.40. The van der Waals surface area contributed by atoms with E-state index in [0.29, 0.717) is 12.8 Å². The molecule has 0 aromatic carbocycles. The molecule has 0 N–H and O–H groups in total. The Morgan fingerprint density at radius 2 is 0.531 bits per heavy atom. The monoisotopic (exact) mass is 1120 g/mol. The van der Waals surface area contributed by atoms with E-state index in [-0.39, 0.29) is 31.6 Å². The van der Waals surface area contributed by atoms with Crippen molar-refractivity contribution >= 4 is 17.9 Å². The van der Waals surface area contributed by atoms with Gasteiger partial charge in [0, 0.05) is 12.8 Å². The fourth-order valence-corrected chi connectivity index (χ4v) is 9.49. The first-order chi connectivity index (χ1) is 40.0.